The van der Waals surface area contributed by atoms with Gasteiger partial charge in [-0.3, -0.25) is 9.78 Å². The number of aromatic nitrogens is 2. The van der Waals surface area contributed by atoms with Crippen LogP contribution in [0.1, 0.15) is 19.9 Å². The van der Waals surface area contributed by atoms with Crippen LogP contribution in [0.3, 0.4) is 0 Å². The van der Waals surface area contributed by atoms with E-state index in [-0.39, 0.29) is 11.6 Å². The molecule has 2 aromatic rings. The average Bonchev–Trinajstić information content (AvgIpc) is 2.18. The Morgan fingerprint density at radius 1 is 1.36 bits per heavy atom. The highest BCUT2D eigenvalue weighted by molar-refractivity contribution is 5.76. The van der Waals surface area contributed by atoms with Crippen LogP contribution in [-0.2, 0) is 0 Å². The monoisotopic (exact) mass is 188 g/mol. The van der Waals surface area contributed by atoms with Crippen molar-refractivity contribution in [3.8, 4) is 0 Å². The Kier molecular flexibility index (Phi) is 2.08. The average molecular weight is 188 g/mol. The van der Waals surface area contributed by atoms with Crippen LogP contribution < -0.4 is 5.56 Å². The second-order valence-corrected chi connectivity index (χ2v) is 3.56. The van der Waals surface area contributed by atoms with E-state index in [2.05, 4.69) is 4.98 Å². The number of pyridine rings is 2. The van der Waals surface area contributed by atoms with E-state index in [1.807, 2.05) is 26.0 Å². The number of hydrogen-bond donors (Lipinski definition) is 0. The minimum absolute atomic E-state index is 0.0330. The lowest BCUT2D eigenvalue weighted by Gasteiger charge is -2.09. The molecule has 3 nitrogen and oxygen atoms in total. The molecule has 2 heterocycles. The fourth-order valence-electron chi connectivity index (χ4n) is 1.50. The molecule has 0 aliphatic carbocycles. The fraction of sp³-hybridized carbons (Fsp3) is 0.273. The van der Waals surface area contributed by atoms with Gasteiger partial charge in [-0.15, -0.1) is 0 Å². The Bertz CT molecular complexity index is 514. The van der Waals surface area contributed by atoms with E-state index in [4.69, 9.17) is 0 Å². The first-order chi connectivity index (χ1) is 6.70. The molecule has 0 aliphatic rings. The topological polar surface area (TPSA) is 34.9 Å². The first-order valence-electron chi connectivity index (χ1n) is 4.66. The number of hydrogen-bond acceptors (Lipinski definition) is 2. The zero-order chi connectivity index (χ0) is 10.1. The van der Waals surface area contributed by atoms with E-state index in [1.54, 1.807) is 23.0 Å². The third-order valence-electron chi connectivity index (χ3n) is 2.25. The third-order valence-corrected chi connectivity index (χ3v) is 2.25. The minimum atomic E-state index is 0.0330. The van der Waals surface area contributed by atoms with E-state index in [1.165, 1.54) is 0 Å². The molecule has 0 saturated carbocycles. The summed E-state index contributed by atoms with van der Waals surface area (Å²) in [6, 6.07) is 5.65. The summed E-state index contributed by atoms with van der Waals surface area (Å²) in [5, 5.41) is 0.684. The van der Waals surface area contributed by atoms with Gasteiger partial charge < -0.3 is 4.57 Å². The molecule has 2 rings (SSSR count). The summed E-state index contributed by atoms with van der Waals surface area (Å²) >= 11 is 0. The van der Waals surface area contributed by atoms with Crippen molar-refractivity contribution in [1.29, 1.82) is 0 Å². The molecule has 2 aromatic heterocycles. The molecule has 72 valence electrons. The Balaban J connectivity index is 2.82. The van der Waals surface area contributed by atoms with Crippen LogP contribution in [0.25, 0.3) is 10.9 Å². The molecule has 0 aliphatic heterocycles. The maximum Gasteiger partial charge on any atom is 0.260 e. The van der Waals surface area contributed by atoms with Crippen molar-refractivity contribution >= 4 is 10.9 Å². The third kappa shape index (κ3) is 1.31. The molecule has 14 heavy (non-hydrogen) atoms. The Labute approximate surface area is 82.0 Å². The van der Waals surface area contributed by atoms with Gasteiger partial charge >= 0.3 is 0 Å². The SMILES string of the molecule is CC(C)n1ccc2ncccc2c1=O. The highest BCUT2D eigenvalue weighted by atomic mass is 16.1. The van der Waals surface area contributed by atoms with E-state index in [0.717, 1.165) is 5.52 Å². The molecule has 0 aromatic carbocycles. The van der Waals surface area contributed by atoms with Crippen molar-refractivity contribution in [2.45, 2.75) is 19.9 Å². The van der Waals surface area contributed by atoms with Gasteiger partial charge in [-0.2, -0.15) is 0 Å². The van der Waals surface area contributed by atoms with Crippen LogP contribution in [-0.4, -0.2) is 9.55 Å². The van der Waals surface area contributed by atoms with Gasteiger partial charge in [-0.25, -0.2) is 0 Å². The lowest BCUT2D eigenvalue weighted by Crippen LogP contribution is -2.21. The molecular formula is C11H12N2O. The summed E-state index contributed by atoms with van der Waals surface area (Å²) in [6.07, 6.45) is 3.49. The number of nitrogens with zero attached hydrogens (tertiary/aromatic N) is 2. The molecule has 0 spiro atoms. The van der Waals surface area contributed by atoms with Crippen LogP contribution in [0, 0.1) is 0 Å². The zero-order valence-corrected chi connectivity index (χ0v) is 8.27. The van der Waals surface area contributed by atoms with Gasteiger partial charge in [0.1, 0.15) is 0 Å². The van der Waals surface area contributed by atoms with Crippen molar-refractivity contribution in [1.82, 2.24) is 9.55 Å². The maximum absolute atomic E-state index is 11.9. The van der Waals surface area contributed by atoms with Crippen LogP contribution in [0.5, 0.6) is 0 Å². The first-order valence-corrected chi connectivity index (χ1v) is 4.66. The lowest BCUT2D eigenvalue weighted by molar-refractivity contribution is 0.582. The molecule has 0 unspecified atom stereocenters. The second kappa shape index (κ2) is 3.25. The predicted molar refractivity (Wildman–Crippen MR) is 56.4 cm³/mol. The fourth-order valence-corrected chi connectivity index (χ4v) is 1.50. The minimum Gasteiger partial charge on any atom is -0.312 e. The van der Waals surface area contributed by atoms with Gasteiger partial charge in [0.05, 0.1) is 10.9 Å². The summed E-state index contributed by atoms with van der Waals surface area (Å²) in [4.78, 5) is 16.0. The van der Waals surface area contributed by atoms with Gasteiger partial charge in [0.15, 0.2) is 0 Å². The van der Waals surface area contributed by atoms with Gasteiger partial charge in [0.2, 0.25) is 0 Å². The van der Waals surface area contributed by atoms with Gasteiger partial charge in [0.25, 0.3) is 5.56 Å². The van der Waals surface area contributed by atoms with Gasteiger partial charge in [-0.1, -0.05) is 0 Å². The van der Waals surface area contributed by atoms with Crippen molar-refractivity contribution in [2.75, 3.05) is 0 Å². The summed E-state index contributed by atoms with van der Waals surface area (Å²) in [6.45, 7) is 3.98. The first kappa shape index (κ1) is 8.94. The summed E-state index contributed by atoms with van der Waals surface area (Å²) in [7, 11) is 0. The van der Waals surface area contributed by atoms with Crippen LogP contribution >= 0.6 is 0 Å². The van der Waals surface area contributed by atoms with E-state index in [9.17, 15) is 4.79 Å². The molecular weight excluding hydrogens is 176 g/mol. The molecule has 0 saturated heterocycles. The van der Waals surface area contributed by atoms with Crippen molar-refractivity contribution in [2.24, 2.45) is 0 Å². The van der Waals surface area contributed by atoms with Crippen molar-refractivity contribution < 1.29 is 0 Å². The van der Waals surface area contributed by atoms with Crippen LogP contribution in [0.4, 0.5) is 0 Å². The molecule has 0 radical (unpaired) electrons. The summed E-state index contributed by atoms with van der Waals surface area (Å²) in [5.74, 6) is 0. The van der Waals surface area contributed by atoms with Crippen LogP contribution in [0.2, 0.25) is 0 Å². The molecule has 0 N–H and O–H groups in total. The smallest absolute Gasteiger partial charge is 0.260 e. The van der Waals surface area contributed by atoms with E-state index >= 15 is 0 Å². The number of fused-ring (bicyclic) bond motifs is 1. The van der Waals surface area contributed by atoms with Crippen molar-refractivity contribution in [3.63, 3.8) is 0 Å². The summed E-state index contributed by atoms with van der Waals surface area (Å²) in [5.41, 5.74) is 0.792. The Morgan fingerprint density at radius 3 is 2.86 bits per heavy atom. The molecule has 0 amide bonds. The van der Waals surface area contributed by atoms with Gasteiger partial charge in [0, 0.05) is 18.4 Å². The molecule has 0 atom stereocenters. The number of rotatable bonds is 1. The maximum atomic E-state index is 11.9. The van der Waals surface area contributed by atoms with E-state index < -0.39 is 0 Å². The highest BCUT2D eigenvalue weighted by Gasteiger charge is 2.04. The molecule has 0 bridgehead atoms. The van der Waals surface area contributed by atoms with Gasteiger partial charge in [-0.05, 0) is 32.0 Å². The quantitative estimate of drug-likeness (QED) is 0.685. The van der Waals surface area contributed by atoms with Crippen LogP contribution in [0.15, 0.2) is 35.4 Å². The molecule has 0 fully saturated rings. The Hall–Kier alpha value is -1.64. The highest BCUT2D eigenvalue weighted by Crippen LogP contribution is 2.07. The van der Waals surface area contributed by atoms with E-state index in [0.29, 0.717) is 5.39 Å². The predicted octanol–water partition coefficient (Wildman–Crippen LogP) is 1.98. The second-order valence-electron chi connectivity index (χ2n) is 3.56. The standard InChI is InChI=1S/C11H12N2O/c1-8(2)13-7-5-10-9(11(13)14)4-3-6-12-10/h3-8H,1-2H3. The zero-order valence-electron chi connectivity index (χ0n) is 8.27. The largest absolute Gasteiger partial charge is 0.312 e. The Morgan fingerprint density at radius 2 is 2.14 bits per heavy atom. The molecule has 3 heteroatoms. The normalized spacial score (nSPS) is 11.1. The van der Waals surface area contributed by atoms with Crippen molar-refractivity contribution in [3.05, 3.63) is 40.9 Å². The summed E-state index contributed by atoms with van der Waals surface area (Å²) < 4.78 is 1.71. The lowest BCUT2D eigenvalue weighted by atomic mass is 10.2.